The molecule has 15 heavy (non-hydrogen) atoms. The molecular weight excluding hydrogens is 192 g/mol. The molecule has 1 aromatic carbocycles. The van der Waals surface area contributed by atoms with Gasteiger partial charge in [-0.15, -0.1) is 0 Å². The molecule has 3 heteroatoms. The number of benzene rings is 1. The van der Waals surface area contributed by atoms with Gasteiger partial charge in [-0.05, 0) is 31.4 Å². The highest BCUT2D eigenvalue weighted by atomic mass is 16.5. The Labute approximate surface area is 90.3 Å². The minimum Gasteiger partial charge on any atom is -0.494 e. The zero-order valence-electron chi connectivity index (χ0n) is 8.80. The molecule has 1 rings (SSSR count). The molecule has 0 saturated carbocycles. The first-order chi connectivity index (χ1) is 7.33. The van der Waals surface area contributed by atoms with Crippen LogP contribution in [0.1, 0.15) is 19.3 Å². The van der Waals surface area contributed by atoms with Crippen LogP contribution in [0.25, 0.3) is 0 Å². The van der Waals surface area contributed by atoms with Crippen molar-refractivity contribution >= 4 is 0 Å². The van der Waals surface area contributed by atoms with Crippen LogP contribution in [0.2, 0.25) is 0 Å². The SMILES string of the molecule is OCCC(O)CCCOc1ccccc1. The smallest absolute Gasteiger partial charge is 0.119 e. The highest BCUT2D eigenvalue weighted by molar-refractivity contribution is 5.20. The van der Waals surface area contributed by atoms with Gasteiger partial charge in [0.15, 0.2) is 0 Å². The van der Waals surface area contributed by atoms with Gasteiger partial charge in [-0.2, -0.15) is 0 Å². The van der Waals surface area contributed by atoms with E-state index in [1.165, 1.54) is 0 Å². The van der Waals surface area contributed by atoms with Gasteiger partial charge in [-0.3, -0.25) is 0 Å². The molecule has 1 unspecified atom stereocenters. The predicted octanol–water partition coefficient (Wildman–Crippen LogP) is 1.59. The summed E-state index contributed by atoms with van der Waals surface area (Å²) in [5, 5.41) is 17.9. The second-order valence-corrected chi connectivity index (χ2v) is 3.47. The van der Waals surface area contributed by atoms with Crippen LogP contribution >= 0.6 is 0 Å². The Balaban J connectivity index is 2.07. The van der Waals surface area contributed by atoms with Crippen LogP contribution in [-0.4, -0.2) is 29.5 Å². The van der Waals surface area contributed by atoms with Crippen molar-refractivity contribution in [2.75, 3.05) is 13.2 Å². The molecule has 3 nitrogen and oxygen atoms in total. The first-order valence-electron chi connectivity index (χ1n) is 5.29. The van der Waals surface area contributed by atoms with E-state index in [1.807, 2.05) is 30.3 Å². The summed E-state index contributed by atoms with van der Waals surface area (Å²) in [5.41, 5.74) is 0. The number of hydrogen-bond donors (Lipinski definition) is 2. The topological polar surface area (TPSA) is 49.7 Å². The van der Waals surface area contributed by atoms with Gasteiger partial charge in [0.2, 0.25) is 0 Å². The Hall–Kier alpha value is -1.06. The third-order valence-electron chi connectivity index (χ3n) is 2.16. The van der Waals surface area contributed by atoms with E-state index in [-0.39, 0.29) is 6.61 Å². The zero-order chi connectivity index (χ0) is 10.9. The number of rotatable bonds is 7. The van der Waals surface area contributed by atoms with Crippen LogP contribution in [0.5, 0.6) is 5.75 Å². The molecule has 0 aliphatic carbocycles. The van der Waals surface area contributed by atoms with Gasteiger partial charge in [0.25, 0.3) is 0 Å². The summed E-state index contributed by atoms with van der Waals surface area (Å²) in [6.45, 7) is 0.646. The van der Waals surface area contributed by atoms with Crippen LogP contribution in [0.3, 0.4) is 0 Å². The van der Waals surface area contributed by atoms with Gasteiger partial charge >= 0.3 is 0 Å². The van der Waals surface area contributed by atoms with Crippen molar-refractivity contribution < 1.29 is 14.9 Å². The van der Waals surface area contributed by atoms with E-state index in [9.17, 15) is 5.11 Å². The molecule has 1 atom stereocenters. The minimum absolute atomic E-state index is 0.0424. The molecule has 0 fully saturated rings. The van der Waals surface area contributed by atoms with Crippen molar-refractivity contribution in [3.05, 3.63) is 30.3 Å². The van der Waals surface area contributed by atoms with Gasteiger partial charge in [-0.25, -0.2) is 0 Å². The van der Waals surface area contributed by atoms with Crippen LogP contribution in [0.4, 0.5) is 0 Å². The molecule has 1 aromatic rings. The van der Waals surface area contributed by atoms with E-state index >= 15 is 0 Å². The standard InChI is InChI=1S/C12H18O3/c13-9-8-11(14)5-4-10-15-12-6-2-1-3-7-12/h1-3,6-7,11,13-14H,4-5,8-10H2. The molecule has 0 radical (unpaired) electrons. The van der Waals surface area contributed by atoms with Crippen molar-refractivity contribution in [1.82, 2.24) is 0 Å². The Morgan fingerprint density at radius 2 is 1.87 bits per heavy atom. The first kappa shape index (κ1) is 12.0. The van der Waals surface area contributed by atoms with Crippen molar-refractivity contribution in [3.63, 3.8) is 0 Å². The molecule has 0 saturated heterocycles. The number of aliphatic hydroxyl groups is 2. The molecule has 2 N–H and O–H groups in total. The van der Waals surface area contributed by atoms with Gasteiger partial charge in [-0.1, -0.05) is 18.2 Å². The van der Waals surface area contributed by atoms with Crippen molar-refractivity contribution in [1.29, 1.82) is 0 Å². The lowest BCUT2D eigenvalue weighted by Gasteiger charge is -2.09. The molecule has 0 amide bonds. The monoisotopic (exact) mass is 210 g/mol. The van der Waals surface area contributed by atoms with E-state index in [0.29, 0.717) is 19.4 Å². The highest BCUT2D eigenvalue weighted by Gasteiger charge is 2.02. The predicted molar refractivity (Wildman–Crippen MR) is 58.9 cm³/mol. The summed E-state index contributed by atoms with van der Waals surface area (Å²) < 4.78 is 5.46. The van der Waals surface area contributed by atoms with Crippen molar-refractivity contribution in [2.24, 2.45) is 0 Å². The average molecular weight is 210 g/mol. The second-order valence-electron chi connectivity index (χ2n) is 3.47. The van der Waals surface area contributed by atoms with E-state index in [4.69, 9.17) is 9.84 Å². The van der Waals surface area contributed by atoms with Crippen molar-refractivity contribution in [3.8, 4) is 5.75 Å². The summed E-state index contributed by atoms with van der Waals surface area (Å²) >= 11 is 0. The van der Waals surface area contributed by atoms with Crippen LogP contribution in [0.15, 0.2) is 30.3 Å². The lowest BCUT2D eigenvalue weighted by molar-refractivity contribution is 0.117. The summed E-state index contributed by atoms with van der Waals surface area (Å²) in [7, 11) is 0. The number of aliphatic hydroxyl groups excluding tert-OH is 2. The van der Waals surface area contributed by atoms with Gasteiger partial charge in [0, 0.05) is 6.61 Å². The maximum Gasteiger partial charge on any atom is 0.119 e. The molecular formula is C12H18O3. The van der Waals surface area contributed by atoms with Gasteiger partial charge < -0.3 is 14.9 Å². The molecule has 0 aliphatic heterocycles. The Bertz CT molecular complexity index is 248. The normalized spacial score (nSPS) is 12.4. The largest absolute Gasteiger partial charge is 0.494 e. The third kappa shape index (κ3) is 5.40. The fourth-order valence-corrected chi connectivity index (χ4v) is 1.32. The second kappa shape index (κ2) is 7.26. The summed E-state index contributed by atoms with van der Waals surface area (Å²) in [6, 6.07) is 9.61. The molecule has 84 valence electrons. The maximum atomic E-state index is 9.33. The Morgan fingerprint density at radius 1 is 1.13 bits per heavy atom. The van der Waals surface area contributed by atoms with E-state index in [2.05, 4.69) is 0 Å². The zero-order valence-corrected chi connectivity index (χ0v) is 8.80. The number of para-hydroxylation sites is 1. The average Bonchev–Trinajstić information content (AvgIpc) is 2.26. The third-order valence-corrected chi connectivity index (χ3v) is 2.16. The Kier molecular flexibility index (Phi) is 5.81. The van der Waals surface area contributed by atoms with E-state index in [0.717, 1.165) is 12.2 Å². The number of hydrogen-bond acceptors (Lipinski definition) is 3. The number of ether oxygens (including phenoxy) is 1. The quantitative estimate of drug-likeness (QED) is 0.672. The molecule has 0 heterocycles. The first-order valence-corrected chi connectivity index (χ1v) is 5.29. The molecule has 0 aliphatic rings. The van der Waals surface area contributed by atoms with E-state index < -0.39 is 6.10 Å². The lowest BCUT2D eigenvalue weighted by atomic mass is 10.1. The molecule has 0 aromatic heterocycles. The van der Waals surface area contributed by atoms with Crippen LogP contribution in [0, 0.1) is 0 Å². The summed E-state index contributed by atoms with van der Waals surface area (Å²) in [4.78, 5) is 0. The summed E-state index contributed by atoms with van der Waals surface area (Å²) in [6.07, 6.45) is 1.52. The van der Waals surface area contributed by atoms with E-state index in [1.54, 1.807) is 0 Å². The molecule has 0 bridgehead atoms. The minimum atomic E-state index is -0.408. The summed E-state index contributed by atoms with van der Waals surface area (Å²) in [5.74, 6) is 0.856. The fourth-order valence-electron chi connectivity index (χ4n) is 1.32. The highest BCUT2D eigenvalue weighted by Crippen LogP contribution is 2.09. The van der Waals surface area contributed by atoms with Crippen LogP contribution in [-0.2, 0) is 0 Å². The van der Waals surface area contributed by atoms with Gasteiger partial charge in [0.05, 0.1) is 12.7 Å². The van der Waals surface area contributed by atoms with Gasteiger partial charge in [0.1, 0.15) is 5.75 Å². The fraction of sp³-hybridized carbons (Fsp3) is 0.500. The Morgan fingerprint density at radius 3 is 2.53 bits per heavy atom. The van der Waals surface area contributed by atoms with Crippen molar-refractivity contribution in [2.45, 2.75) is 25.4 Å². The lowest BCUT2D eigenvalue weighted by Crippen LogP contribution is -2.10. The van der Waals surface area contributed by atoms with Crippen LogP contribution < -0.4 is 4.74 Å². The maximum absolute atomic E-state index is 9.33. The molecule has 0 spiro atoms.